The first-order chi connectivity index (χ1) is 32.0. The van der Waals surface area contributed by atoms with Gasteiger partial charge >= 0.3 is 0 Å². The van der Waals surface area contributed by atoms with Crippen molar-refractivity contribution in [2.45, 2.75) is 232 Å². The summed E-state index contributed by atoms with van der Waals surface area (Å²) in [4.78, 5) is 73.4. The van der Waals surface area contributed by atoms with Crippen molar-refractivity contribution >= 4 is 35.4 Å². The maximum Gasteiger partial charge on any atom is 0.244 e. The Morgan fingerprint density at radius 1 is 0.606 bits per heavy atom. The lowest BCUT2D eigenvalue weighted by Crippen LogP contribution is -2.54. The minimum absolute atomic E-state index is 0.187. The molecule has 4 unspecified atom stereocenters. The second-order valence-electron chi connectivity index (χ2n) is 18.7. The predicted molar refractivity (Wildman–Crippen MR) is 271 cm³/mol. The van der Waals surface area contributed by atoms with Crippen LogP contribution in [0, 0.1) is 5.92 Å². The van der Waals surface area contributed by atoms with E-state index >= 15 is 0 Å². The van der Waals surface area contributed by atoms with Gasteiger partial charge in [0.05, 0.1) is 32.4 Å². The van der Waals surface area contributed by atoms with Crippen LogP contribution in [0.25, 0.3) is 0 Å². The van der Waals surface area contributed by atoms with E-state index in [0.717, 1.165) is 19.3 Å². The summed E-state index contributed by atoms with van der Waals surface area (Å²) in [6.07, 6.45) is 35.5. The van der Waals surface area contributed by atoms with Crippen molar-refractivity contribution in [1.82, 2.24) is 20.9 Å². The van der Waals surface area contributed by atoms with E-state index in [1.807, 2.05) is 0 Å². The molecule has 0 aromatic rings. The number of nitrogens with zero attached hydrogens (tertiary/aromatic N) is 1. The first-order valence-corrected chi connectivity index (χ1v) is 27.7. The molecule has 0 aliphatic carbocycles. The van der Waals surface area contributed by atoms with Gasteiger partial charge in [0.1, 0.15) is 18.8 Å². The molecule has 0 fully saturated rings. The Labute approximate surface area is 407 Å². The number of aliphatic hydroxyl groups excluding tert-OH is 1. The molecule has 14 nitrogen and oxygen atoms in total. The molecule has 0 radical (unpaired) electrons. The third kappa shape index (κ3) is 42.1. The number of nitrogens with two attached hydrogens (primary N) is 1. The Hall–Kier alpha value is -2.01. The fourth-order valence-corrected chi connectivity index (χ4v) is 8.79. The average Bonchev–Trinajstić information content (AvgIpc) is 3.29. The van der Waals surface area contributed by atoms with Gasteiger partial charge < -0.3 is 26.8 Å². The number of nitrogens with one attached hydrogen (secondary N) is 3. The zero-order chi connectivity index (χ0) is 48.7. The molecule has 0 bridgehead atoms. The highest BCUT2D eigenvalue weighted by molar-refractivity contribution is 7.99. The van der Waals surface area contributed by atoms with E-state index in [0.29, 0.717) is 56.4 Å². The zero-order valence-corrected chi connectivity index (χ0v) is 43.6. The van der Waals surface area contributed by atoms with Crippen LogP contribution >= 0.6 is 11.8 Å². The molecule has 4 amide bonds. The van der Waals surface area contributed by atoms with E-state index in [9.17, 15) is 24.3 Å². The number of primary amides is 1. The molecule has 15 heteroatoms. The molecule has 0 aliphatic heterocycles. The van der Waals surface area contributed by atoms with Gasteiger partial charge in [0.2, 0.25) is 23.6 Å². The summed E-state index contributed by atoms with van der Waals surface area (Å²) < 4.78 is 0. The number of rotatable bonds is 51. The number of unbranched alkanes of at least 4 members (excludes halogenated alkanes) is 25. The molecule has 0 saturated carbocycles. The van der Waals surface area contributed by atoms with E-state index in [1.54, 1.807) is 19.0 Å². The smallest absolute Gasteiger partial charge is 0.244 e. The third-order valence-electron chi connectivity index (χ3n) is 11.9. The van der Waals surface area contributed by atoms with Crippen molar-refractivity contribution in [2.24, 2.45) is 11.7 Å². The summed E-state index contributed by atoms with van der Waals surface area (Å²) in [5.41, 5.74) is 5.04. The summed E-state index contributed by atoms with van der Waals surface area (Å²) in [5, 5.41) is 17.9. The summed E-state index contributed by atoms with van der Waals surface area (Å²) in [6.45, 7) is 7.51. The normalized spacial score (nSPS) is 13.4. The number of carbonyl (C=O) groups is 4. The van der Waals surface area contributed by atoms with Crippen LogP contribution in [0.15, 0.2) is 0 Å². The summed E-state index contributed by atoms with van der Waals surface area (Å²) in [7, 11) is 3.60. The summed E-state index contributed by atoms with van der Waals surface area (Å²) in [5.74, 6) is -0.455. The van der Waals surface area contributed by atoms with Crippen molar-refractivity contribution in [1.29, 1.82) is 0 Å². The Bertz CT molecular complexity index is 1140. The lowest BCUT2D eigenvalue weighted by molar-refractivity contribution is -0.365. The maximum absolute atomic E-state index is 13.4. The Morgan fingerprint density at radius 2 is 1.12 bits per heavy atom. The quantitative estimate of drug-likeness (QED) is 0.0222. The standard InChI is InChI=1S/C51H101N5O9S/c1-6-8-10-12-14-16-18-19-20-22-24-26-28-33-37-62-63-41-45(65-64-40-44(3)34-30-27-25-23-21-17-15-13-11-9-7-2)42-66-43-47(56(4)5)51(61)55-46(39-57)50(60)53-36-32-29-31-35-49(59)54-38-48(52)58/h44-47,57H,6-43H2,1-5H3,(H2,52,58)(H,53,60)(H,54,59)(H,55,61). The van der Waals surface area contributed by atoms with Crippen LogP contribution in [-0.4, -0.2) is 117 Å². The molecule has 66 heavy (non-hydrogen) atoms. The lowest BCUT2D eigenvalue weighted by Gasteiger charge is -2.26. The molecule has 0 spiro atoms. The van der Waals surface area contributed by atoms with Crippen LogP contribution < -0.4 is 21.7 Å². The van der Waals surface area contributed by atoms with Crippen LogP contribution in [0.3, 0.4) is 0 Å². The van der Waals surface area contributed by atoms with Crippen LogP contribution in [0.5, 0.6) is 0 Å². The monoisotopic (exact) mass is 960 g/mol. The number of amides is 4. The van der Waals surface area contributed by atoms with Crippen molar-refractivity contribution in [3.63, 3.8) is 0 Å². The molecular weight excluding hydrogens is 859 g/mol. The van der Waals surface area contributed by atoms with Crippen LogP contribution in [0.4, 0.5) is 0 Å². The van der Waals surface area contributed by atoms with Crippen LogP contribution in [0.1, 0.15) is 213 Å². The highest BCUT2D eigenvalue weighted by Crippen LogP contribution is 2.17. The SMILES string of the molecule is CCCCCCCCCCCCCCCCOOCC(CSCC(C(=O)NC(CO)C(=O)NCCCCCC(=O)NCC(N)=O)N(C)C)OOCC(C)CCCCCCCCCCCCC. The zero-order valence-electron chi connectivity index (χ0n) is 42.8. The van der Waals surface area contributed by atoms with Gasteiger partial charge in [-0.15, -0.1) is 0 Å². The van der Waals surface area contributed by atoms with E-state index in [1.165, 1.54) is 159 Å². The van der Waals surface area contributed by atoms with Gasteiger partial charge in [-0.25, -0.2) is 19.6 Å². The van der Waals surface area contributed by atoms with Gasteiger partial charge in [-0.05, 0) is 45.7 Å². The Morgan fingerprint density at radius 3 is 1.64 bits per heavy atom. The third-order valence-corrected chi connectivity index (χ3v) is 13.1. The first kappa shape index (κ1) is 64.0. The number of carbonyl (C=O) groups excluding carboxylic acids is 4. The topological polar surface area (TPSA) is 191 Å². The van der Waals surface area contributed by atoms with Gasteiger partial charge in [0, 0.05) is 24.5 Å². The summed E-state index contributed by atoms with van der Waals surface area (Å²) >= 11 is 1.52. The second-order valence-corrected chi connectivity index (χ2v) is 19.8. The van der Waals surface area contributed by atoms with E-state index in [2.05, 4.69) is 36.7 Å². The molecule has 390 valence electrons. The molecule has 0 heterocycles. The van der Waals surface area contributed by atoms with E-state index < -0.39 is 36.6 Å². The number of hydrogen-bond donors (Lipinski definition) is 5. The number of aliphatic hydroxyl groups is 1. The minimum atomic E-state index is -1.11. The maximum atomic E-state index is 13.4. The van der Waals surface area contributed by atoms with Crippen molar-refractivity contribution in [3.05, 3.63) is 0 Å². The fourth-order valence-electron chi connectivity index (χ4n) is 7.56. The number of thioether (sulfide) groups is 1. The number of likely N-dealkylation sites (N-methyl/N-ethyl adjacent to an activating group) is 1. The van der Waals surface area contributed by atoms with Crippen LogP contribution in [0.2, 0.25) is 0 Å². The van der Waals surface area contributed by atoms with Gasteiger partial charge in [0.25, 0.3) is 0 Å². The highest BCUT2D eigenvalue weighted by atomic mass is 32.2. The fraction of sp³-hybridized carbons (Fsp3) is 0.922. The van der Waals surface area contributed by atoms with Gasteiger partial charge in [-0.2, -0.15) is 11.8 Å². The van der Waals surface area contributed by atoms with Crippen LogP contribution in [-0.2, 0) is 38.7 Å². The molecule has 0 rings (SSSR count). The van der Waals surface area contributed by atoms with Gasteiger partial charge in [-0.3, -0.25) is 24.1 Å². The van der Waals surface area contributed by atoms with Crippen molar-refractivity contribution < 1.29 is 43.8 Å². The minimum Gasteiger partial charge on any atom is -0.394 e. The van der Waals surface area contributed by atoms with Crippen molar-refractivity contribution in [2.75, 3.05) is 65.1 Å². The Balaban J connectivity index is 4.78. The Kier molecular flexibility index (Phi) is 46.6. The highest BCUT2D eigenvalue weighted by Gasteiger charge is 2.27. The van der Waals surface area contributed by atoms with Gasteiger partial charge in [0.15, 0.2) is 0 Å². The van der Waals surface area contributed by atoms with E-state index in [-0.39, 0.29) is 31.4 Å². The molecular formula is C51H101N5O9S. The predicted octanol–water partition coefficient (Wildman–Crippen LogP) is 9.49. The molecule has 0 saturated heterocycles. The molecule has 0 aromatic carbocycles. The first-order valence-electron chi connectivity index (χ1n) is 26.6. The summed E-state index contributed by atoms with van der Waals surface area (Å²) in [6, 6.07) is -1.69. The molecule has 0 aromatic heterocycles. The molecule has 0 aliphatic rings. The van der Waals surface area contributed by atoms with Crippen molar-refractivity contribution in [3.8, 4) is 0 Å². The van der Waals surface area contributed by atoms with E-state index in [4.69, 9.17) is 25.3 Å². The largest absolute Gasteiger partial charge is 0.394 e. The number of hydrogen-bond acceptors (Lipinski definition) is 11. The average molecular weight is 960 g/mol. The lowest BCUT2D eigenvalue weighted by atomic mass is 10.0. The van der Waals surface area contributed by atoms with Gasteiger partial charge in [-0.1, -0.05) is 181 Å². The second kappa shape index (κ2) is 48.0. The molecule has 4 atom stereocenters. The molecule has 6 N–H and O–H groups in total.